The molecule has 12 heteroatoms. The minimum absolute atomic E-state index is 0.167. The number of fused-ring (bicyclic) bond motifs is 12. The monoisotopic (exact) mass is 814 g/mol. The van der Waals surface area contributed by atoms with Crippen molar-refractivity contribution in [1.29, 1.82) is 0 Å². The number of ketones is 3. The summed E-state index contributed by atoms with van der Waals surface area (Å²) in [5.74, 6) is 4.05. The first kappa shape index (κ1) is 45.8. The van der Waals surface area contributed by atoms with Gasteiger partial charge in [0.15, 0.2) is 51.2 Å². The molecule has 0 amide bonds. The maximum Gasteiger partial charge on any atom is 0.164 e. The van der Waals surface area contributed by atoms with Gasteiger partial charge in [-0.05, 0) is 59.2 Å². The predicted octanol–water partition coefficient (Wildman–Crippen LogP) is 12.3. The molecule has 0 N–H and O–H groups in total. The molecule has 7 rings (SSSR count). The second-order valence-electron chi connectivity index (χ2n) is 14.4. The molecule has 4 aromatic carbocycles. The number of rotatable bonds is 14. The molecule has 0 aliphatic heterocycles. The summed E-state index contributed by atoms with van der Waals surface area (Å²) >= 11 is 0. The average molecular weight is 815 g/mol. The number of furan rings is 3. The van der Waals surface area contributed by atoms with Gasteiger partial charge in [0.1, 0.15) is 34.1 Å². The zero-order chi connectivity index (χ0) is 43.4. The highest BCUT2D eigenvalue weighted by Crippen LogP contribution is 2.51. The Kier molecular flexibility index (Phi) is 16.5. The number of benzene rings is 4. The minimum atomic E-state index is 0.167. The number of carbonyl (C=O) groups is 3. The molecule has 318 valence electrons. The third-order valence-corrected chi connectivity index (χ3v) is 9.40. The van der Waals surface area contributed by atoms with Crippen LogP contribution in [0.1, 0.15) is 92.9 Å². The summed E-state index contributed by atoms with van der Waals surface area (Å²) in [4.78, 5) is 29.5. The highest BCUT2D eigenvalue weighted by Gasteiger charge is 2.28. The smallest absolute Gasteiger partial charge is 0.164 e. The average Bonchev–Trinajstić information content (AvgIpc) is 3.88. The molecule has 3 aromatic heterocycles. The Morgan fingerprint density at radius 2 is 0.678 bits per heavy atom. The molecule has 0 saturated heterocycles. The fraction of sp³-hybridized carbons (Fsp3) is 0.426. The Morgan fingerprint density at radius 3 is 0.932 bits per heavy atom. The molecule has 59 heavy (non-hydrogen) atoms. The van der Waals surface area contributed by atoms with E-state index in [4.69, 9.17) is 41.7 Å². The van der Waals surface area contributed by atoms with Crippen molar-refractivity contribution in [3.05, 3.63) is 36.4 Å². The molecule has 12 nitrogen and oxygen atoms in total. The van der Waals surface area contributed by atoms with Gasteiger partial charge < -0.3 is 56.1 Å². The van der Waals surface area contributed by atoms with E-state index < -0.39 is 0 Å². The summed E-state index contributed by atoms with van der Waals surface area (Å²) in [7, 11) is 9.57. The number of unbranched alkanes of at least 4 members (excludes halogenated alkanes) is 6. The summed E-state index contributed by atoms with van der Waals surface area (Å²) in [6.07, 6.45) is 9.84. The van der Waals surface area contributed by atoms with Gasteiger partial charge in [-0.1, -0.05) is 45.4 Å². The number of ether oxygens (including phenoxy) is 6. The van der Waals surface area contributed by atoms with Crippen molar-refractivity contribution in [3.63, 3.8) is 0 Å². The van der Waals surface area contributed by atoms with E-state index in [1.54, 1.807) is 49.6 Å². The van der Waals surface area contributed by atoms with E-state index in [1.165, 1.54) is 66.2 Å². The van der Waals surface area contributed by atoms with Crippen LogP contribution >= 0.6 is 0 Å². The van der Waals surface area contributed by atoms with Crippen LogP contribution in [0.25, 0.3) is 65.8 Å². The number of carbonyl (C=O) groups excluding carboxylic acids is 3. The molecule has 7 aromatic rings. The Morgan fingerprint density at radius 1 is 0.424 bits per heavy atom. The summed E-state index contributed by atoms with van der Waals surface area (Å²) in [5.41, 5.74) is 3.65. The van der Waals surface area contributed by atoms with Gasteiger partial charge in [0.05, 0.1) is 58.8 Å². The molecule has 0 bridgehead atoms. The Bertz CT molecular complexity index is 2260. The number of hydrogen-bond acceptors (Lipinski definition) is 12. The van der Waals surface area contributed by atoms with Gasteiger partial charge in [-0.3, -0.25) is 0 Å². The van der Waals surface area contributed by atoms with Gasteiger partial charge in [-0.2, -0.15) is 0 Å². The highest BCUT2D eigenvalue weighted by molar-refractivity contribution is 6.36. The van der Waals surface area contributed by atoms with Crippen molar-refractivity contribution in [1.82, 2.24) is 0 Å². The van der Waals surface area contributed by atoms with E-state index in [1.807, 2.05) is 36.4 Å². The third kappa shape index (κ3) is 10.6. The van der Waals surface area contributed by atoms with Gasteiger partial charge in [-0.25, -0.2) is 0 Å². The quantitative estimate of drug-likeness (QED) is 0.0963. The predicted molar refractivity (Wildman–Crippen MR) is 234 cm³/mol. The largest absolute Gasteiger partial charge is 0.493 e. The van der Waals surface area contributed by atoms with Gasteiger partial charge in [0, 0.05) is 40.8 Å². The van der Waals surface area contributed by atoms with Gasteiger partial charge in [0.2, 0.25) is 0 Å². The zero-order valence-electron chi connectivity index (χ0n) is 36.5. The summed E-state index contributed by atoms with van der Waals surface area (Å²) in [5, 5.41) is 4.76. The topological polar surface area (TPSA) is 146 Å². The summed E-state index contributed by atoms with van der Waals surface area (Å²) in [6.45, 7) is 10.0. The Balaban J connectivity index is 0.000000322. The van der Waals surface area contributed by atoms with Crippen LogP contribution in [-0.2, 0) is 14.4 Å². The van der Waals surface area contributed by atoms with Gasteiger partial charge in [-0.15, -0.1) is 0 Å². The first-order valence-electron chi connectivity index (χ1n) is 19.8. The molecular weight excluding hydrogens is 757 g/mol. The SMILES string of the molecule is CC(C)=O.CC(C)=O.CCCCCCCCCC(C)=O.COc1cc2oc3c(c2cc1OC)c1oc2cc(OC)c(OC)cc2c1c1oc2cc(OC)c(OC)cc2c31. The van der Waals surface area contributed by atoms with E-state index in [0.29, 0.717) is 73.8 Å². The fourth-order valence-corrected chi connectivity index (χ4v) is 6.81. The fourth-order valence-electron chi connectivity index (χ4n) is 6.81. The normalized spacial score (nSPS) is 10.8. The van der Waals surface area contributed by atoms with Crippen molar-refractivity contribution >= 4 is 83.2 Å². The van der Waals surface area contributed by atoms with E-state index in [0.717, 1.165) is 45.2 Å². The lowest BCUT2D eigenvalue weighted by atomic mass is 10.0. The van der Waals surface area contributed by atoms with Crippen molar-refractivity contribution < 1.29 is 56.1 Å². The Hall–Kier alpha value is -5.91. The van der Waals surface area contributed by atoms with E-state index in [9.17, 15) is 14.4 Å². The van der Waals surface area contributed by atoms with Crippen LogP contribution in [0.4, 0.5) is 0 Å². The van der Waals surface area contributed by atoms with Crippen LogP contribution in [0.3, 0.4) is 0 Å². The molecule has 0 saturated carbocycles. The molecular formula is C47H58O12. The minimum Gasteiger partial charge on any atom is -0.493 e. The first-order chi connectivity index (χ1) is 28.3. The molecule has 3 heterocycles. The Labute approximate surface area is 344 Å². The lowest BCUT2D eigenvalue weighted by molar-refractivity contribution is -0.117. The lowest BCUT2D eigenvalue weighted by Crippen LogP contribution is -1.89. The third-order valence-electron chi connectivity index (χ3n) is 9.40. The first-order valence-corrected chi connectivity index (χ1v) is 19.8. The van der Waals surface area contributed by atoms with E-state index in [2.05, 4.69) is 6.92 Å². The molecule has 0 aliphatic rings. The van der Waals surface area contributed by atoms with Crippen molar-refractivity contribution in [3.8, 4) is 34.5 Å². The maximum atomic E-state index is 10.6. The molecule has 0 unspecified atom stereocenters. The highest BCUT2D eigenvalue weighted by atomic mass is 16.5. The number of Topliss-reactive ketones (excluding diaryl/α,β-unsaturated/α-hetero) is 3. The molecule has 0 spiro atoms. The van der Waals surface area contributed by atoms with Crippen molar-refractivity contribution in [2.45, 2.75) is 92.9 Å². The van der Waals surface area contributed by atoms with Crippen molar-refractivity contribution in [2.24, 2.45) is 0 Å². The van der Waals surface area contributed by atoms with Crippen LogP contribution in [0.5, 0.6) is 34.5 Å². The second-order valence-corrected chi connectivity index (χ2v) is 14.4. The number of methoxy groups -OCH3 is 6. The van der Waals surface area contributed by atoms with Crippen LogP contribution in [0.2, 0.25) is 0 Å². The van der Waals surface area contributed by atoms with Gasteiger partial charge in [0.25, 0.3) is 0 Å². The maximum absolute atomic E-state index is 10.6. The molecule has 0 aliphatic carbocycles. The summed E-state index contributed by atoms with van der Waals surface area (Å²) in [6, 6.07) is 11.1. The zero-order valence-corrected chi connectivity index (χ0v) is 36.5. The standard InChI is InChI=1S/C30H24O9.C11H22O.2C3H6O/c1-31-19-7-13-16(10-22(19)34-4)37-28-25(13)29-27(14-8-20(32-2)23(35-5)11-17(14)38-29)30-26(28)15-9-21(33-3)24(36-6)12-18(15)39-30;1-3-4-5-6-7-8-9-10-11(2)12;2*1-3(2)4/h7-12H,1-6H3;3-10H2,1-2H3;2*1-2H3. The lowest BCUT2D eigenvalue weighted by Gasteiger charge is -2.06. The number of hydrogen-bond donors (Lipinski definition) is 0. The molecule has 0 radical (unpaired) electrons. The van der Waals surface area contributed by atoms with Crippen LogP contribution < -0.4 is 28.4 Å². The second kappa shape index (κ2) is 21.2. The molecule has 0 atom stereocenters. The van der Waals surface area contributed by atoms with Crippen LogP contribution in [0.15, 0.2) is 49.6 Å². The van der Waals surface area contributed by atoms with Crippen LogP contribution in [0, 0.1) is 0 Å². The summed E-state index contributed by atoms with van der Waals surface area (Å²) < 4.78 is 53.0. The van der Waals surface area contributed by atoms with Crippen molar-refractivity contribution in [2.75, 3.05) is 42.7 Å². The van der Waals surface area contributed by atoms with E-state index in [-0.39, 0.29) is 11.6 Å². The molecule has 0 fully saturated rings. The van der Waals surface area contributed by atoms with Crippen LogP contribution in [-0.4, -0.2) is 60.0 Å². The van der Waals surface area contributed by atoms with Gasteiger partial charge >= 0.3 is 0 Å². The van der Waals surface area contributed by atoms with E-state index >= 15 is 0 Å².